The lowest BCUT2D eigenvalue weighted by molar-refractivity contribution is -0.143. The number of carbonyl (C=O) groups is 3. The molecular formula is C20H37NO5. The average molecular weight is 372 g/mol. The molecule has 152 valence electrons. The first-order valence-corrected chi connectivity index (χ1v) is 10.2. The Morgan fingerprint density at radius 3 is 1.81 bits per heavy atom. The number of ketones is 1. The van der Waals surface area contributed by atoms with Crippen LogP contribution in [0.2, 0.25) is 0 Å². The van der Waals surface area contributed by atoms with Crippen molar-refractivity contribution in [2.24, 2.45) is 0 Å². The third-order valence-electron chi connectivity index (χ3n) is 4.47. The average Bonchev–Trinajstić information content (AvgIpc) is 2.59. The number of Topliss-reactive ketones (excluding diaryl/α,β-unsaturated/α-hetero) is 1. The molecule has 6 nitrogen and oxygen atoms in total. The van der Waals surface area contributed by atoms with Gasteiger partial charge in [-0.15, -0.1) is 0 Å². The summed E-state index contributed by atoms with van der Waals surface area (Å²) < 4.78 is 0. The van der Waals surface area contributed by atoms with Crippen LogP contribution < -0.4 is 5.32 Å². The standard InChI is InChI=1S/C20H37NO5/c1-2-3-4-5-6-7-8-9-10-11-12-13-17(23)16-19(24)21-18(14-15-22)20(25)26/h18,22H,2-16H2,1H3,(H,21,24)(H,25,26)/t18-/m0/s1. The first-order valence-electron chi connectivity index (χ1n) is 10.2. The van der Waals surface area contributed by atoms with E-state index in [1.165, 1.54) is 51.4 Å². The molecule has 6 heteroatoms. The molecule has 0 aliphatic rings. The Bertz CT molecular complexity index is 398. The molecule has 3 N–H and O–H groups in total. The van der Waals surface area contributed by atoms with Crippen LogP contribution in [0.3, 0.4) is 0 Å². The predicted octanol–water partition coefficient (Wildman–Crippen LogP) is 3.60. The summed E-state index contributed by atoms with van der Waals surface area (Å²) in [4.78, 5) is 34.3. The highest BCUT2D eigenvalue weighted by molar-refractivity contribution is 5.99. The molecule has 0 rings (SSSR count). The summed E-state index contributed by atoms with van der Waals surface area (Å²) in [5, 5.41) is 19.9. The summed E-state index contributed by atoms with van der Waals surface area (Å²) in [6.07, 6.45) is 13.3. The maximum atomic E-state index is 11.8. The third-order valence-corrected chi connectivity index (χ3v) is 4.47. The number of hydrogen-bond acceptors (Lipinski definition) is 4. The van der Waals surface area contributed by atoms with Gasteiger partial charge in [0.1, 0.15) is 11.8 Å². The highest BCUT2D eigenvalue weighted by Gasteiger charge is 2.20. The highest BCUT2D eigenvalue weighted by Crippen LogP contribution is 2.12. The molecule has 0 bridgehead atoms. The van der Waals surface area contributed by atoms with E-state index in [-0.39, 0.29) is 25.2 Å². The van der Waals surface area contributed by atoms with Crippen molar-refractivity contribution in [1.29, 1.82) is 0 Å². The lowest BCUT2D eigenvalue weighted by atomic mass is 10.0. The number of aliphatic carboxylic acids is 1. The summed E-state index contributed by atoms with van der Waals surface area (Å²) in [6.45, 7) is 1.89. The molecule has 0 saturated heterocycles. The van der Waals surface area contributed by atoms with Gasteiger partial charge >= 0.3 is 5.97 Å². The normalized spacial score (nSPS) is 11.9. The van der Waals surface area contributed by atoms with Crippen LogP contribution in [0.15, 0.2) is 0 Å². The number of carboxylic acid groups (broad SMARTS) is 1. The van der Waals surface area contributed by atoms with Crippen LogP contribution in [0, 0.1) is 0 Å². The summed E-state index contributed by atoms with van der Waals surface area (Å²) >= 11 is 0. The van der Waals surface area contributed by atoms with E-state index in [1.807, 2.05) is 0 Å². The number of unbranched alkanes of at least 4 members (excludes halogenated alkanes) is 10. The topological polar surface area (TPSA) is 104 Å². The number of aliphatic hydroxyl groups excluding tert-OH is 1. The van der Waals surface area contributed by atoms with Gasteiger partial charge in [-0.1, -0.05) is 71.1 Å². The molecule has 0 heterocycles. The Morgan fingerprint density at radius 2 is 1.35 bits per heavy atom. The molecule has 0 saturated carbocycles. The first kappa shape index (κ1) is 24.6. The van der Waals surface area contributed by atoms with Crippen LogP contribution in [0.25, 0.3) is 0 Å². The minimum atomic E-state index is -1.20. The SMILES string of the molecule is CCCCCCCCCCCCCC(=O)CC(=O)N[C@@H](CCO)C(=O)O. The van der Waals surface area contributed by atoms with Crippen molar-refractivity contribution < 1.29 is 24.6 Å². The summed E-state index contributed by atoms with van der Waals surface area (Å²) in [7, 11) is 0. The van der Waals surface area contributed by atoms with Crippen molar-refractivity contribution in [3.05, 3.63) is 0 Å². The fourth-order valence-corrected chi connectivity index (χ4v) is 2.89. The van der Waals surface area contributed by atoms with Gasteiger partial charge in [0, 0.05) is 19.4 Å². The second-order valence-corrected chi connectivity index (χ2v) is 6.97. The van der Waals surface area contributed by atoms with Gasteiger partial charge in [0.15, 0.2) is 0 Å². The molecule has 0 aromatic heterocycles. The molecule has 0 aliphatic carbocycles. The van der Waals surface area contributed by atoms with Crippen molar-refractivity contribution >= 4 is 17.7 Å². The fraction of sp³-hybridized carbons (Fsp3) is 0.850. The number of nitrogens with one attached hydrogen (secondary N) is 1. The van der Waals surface area contributed by atoms with Gasteiger partial charge in [-0.05, 0) is 6.42 Å². The van der Waals surface area contributed by atoms with Crippen molar-refractivity contribution in [2.45, 2.75) is 103 Å². The van der Waals surface area contributed by atoms with E-state index in [0.29, 0.717) is 6.42 Å². The number of carbonyl (C=O) groups excluding carboxylic acids is 2. The van der Waals surface area contributed by atoms with Gasteiger partial charge in [0.25, 0.3) is 0 Å². The number of carboxylic acids is 1. The van der Waals surface area contributed by atoms with E-state index < -0.39 is 17.9 Å². The van der Waals surface area contributed by atoms with Crippen LogP contribution in [0.4, 0.5) is 0 Å². The van der Waals surface area contributed by atoms with Gasteiger partial charge in [-0.2, -0.15) is 0 Å². The predicted molar refractivity (Wildman–Crippen MR) is 102 cm³/mol. The van der Waals surface area contributed by atoms with E-state index in [4.69, 9.17) is 10.2 Å². The molecule has 0 aliphatic heterocycles. The van der Waals surface area contributed by atoms with Crippen LogP contribution in [0.5, 0.6) is 0 Å². The van der Waals surface area contributed by atoms with Crippen molar-refractivity contribution in [1.82, 2.24) is 5.32 Å². The zero-order chi connectivity index (χ0) is 19.6. The van der Waals surface area contributed by atoms with Crippen LogP contribution >= 0.6 is 0 Å². The lowest BCUT2D eigenvalue weighted by Crippen LogP contribution is -2.42. The second-order valence-electron chi connectivity index (χ2n) is 6.97. The monoisotopic (exact) mass is 371 g/mol. The zero-order valence-corrected chi connectivity index (χ0v) is 16.3. The summed E-state index contributed by atoms with van der Waals surface area (Å²) in [5.74, 6) is -1.95. The molecule has 0 spiro atoms. The molecular weight excluding hydrogens is 334 g/mol. The molecule has 1 amide bonds. The Balaban J connectivity index is 3.59. The van der Waals surface area contributed by atoms with Crippen molar-refractivity contribution in [2.75, 3.05) is 6.61 Å². The van der Waals surface area contributed by atoms with Crippen LogP contribution in [-0.4, -0.2) is 40.5 Å². The largest absolute Gasteiger partial charge is 0.480 e. The molecule has 0 aromatic rings. The van der Waals surface area contributed by atoms with E-state index in [2.05, 4.69) is 12.2 Å². The quantitative estimate of drug-likeness (QED) is 0.252. The van der Waals surface area contributed by atoms with Gasteiger partial charge in [-0.3, -0.25) is 9.59 Å². The first-order chi connectivity index (χ1) is 12.5. The minimum absolute atomic E-state index is 0.0616. The Morgan fingerprint density at radius 1 is 0.846 bits per heavy atom. The molecule has 26 heavy (non-hydrogen) atoms. The Labute approximate surface area is 157 Å². The fourth-order valence-electron chi connectivity index (χ4n) is 2.89. The third kappa shape index (κ3) is 14.9. The Hall–Kier alpha value is -1.43. The zero-order valence-electron chi connectivity index (χ0n) is 16.3. The van der Waals surface area contributed by atoms with E-state index in [9.17, 15) is 14.4 Å². The smallest absolute Gasteiger partial charge is 0.326 e. The molecule has 1 atom stereocenters. The number of hydrogen-bond donors (Lipinski definition) is 3. The second kappa shape index (κ2) is 17.0. The molecule has 0 unspecified atom stereocenters. The van der Waals surface area contributed by atoms with E-state index >= 15 is 0 Å². The summed E-state index contributed by atoms with van der Waals surface area (Å²) in [5.41, 5.74) is 0. The van der Waals surface area contributed by atoms with E-state index in [1.54, 1.807) is 0 Å². The number of amides is 1. The van der Waals surface area contributed by atoms with Crippen LogP contribution in [-0.2, 0) is 14.4 Å². The van der Waals surface area contributed by atoms with Gasteiger partial charge in [-0.25, -0.2) is 4.79 Å². The van der Waals surface area contributed by atoms with Crippen molar-refractivity contribution in [3.63, 3.8) is 0 Å². The summed E-state index contributed by atoms with van der Waals surface area (Å²) in [6, 6.07) is -1.14. The van der Waals surface area contributed by atoms with Gasteiger partial charge < -0.3 is 15.5 Å². The number of rotatable bonds is 18. The maximum absolute atomic E-state index is 11.8. The number of aliphatic hydroxyl groups is 1. The van der Waals surface area contributed by atoms with Crippen molar-refractivity contribution in [3.8, 4) is 0 Å². The van der Waals surface area contributed by atoms with E-state index in [0.717, 1.165) is 19.3 Å². The maximum Gasteiger partial charge on any atom is 0.326 e. The van der Waals surface area contributed by atoms with Gasteiger partial charge in [0.05, 0.1) is 6.42 Å². The van der Waals surface area contributed by atoms with Gasteiger partial charge in [0.2, 0.25) is 5.91 Å². The Kier molecular flexibility index (Phi) is 16.1. The van der Waals surface area contributed by atoms with Crippen LogP contribution in [0.1, 0.15) is 96.8 Å². The molecule has 0 fully saturated rings. The minimum Gasteiger partial charge on any atom is -0.480 e. The molecule has 0 radical (unpaired) electrons. The lowest BCUT2D eigenvalue weighted by Gasteiger charge is -2.12. The molecule has 0 aromatic carbocycles. The highest BCUT2D eigenvalue weighted by atomic mass is 16.4.